The van der Waals surface area contributed by atoms with Crippen LogP contribution in [0.5, 0.6) is 0 Å². The highest BCUT2D eigenvalue weighted by atomic mass is 16.5. The van der Waals surface area contributed by atoms with Crippen molar-refractivity contribution in [3.8, 4) is 0 Å². The fourth-order valence-corrected chi connectivity index (χ4v) is 3.42. The highest BCUT2D eigenvalue weighted by molar-refractivity contribution is 5.86. The number of carbonyl (C=O) groups excluding carboxylic acids is 1. The Kier molecular flexibility index (Phi) is 13.6. The highest BCUT2D eigenvalue weighted by Gasteiger charge is 2.46. The first kappa shape index (κ1) is 25.4. The summed E-state index contributed by atoms with van der Waals surface area (Å²) < 4.78 is 4.52. The SMILES string of the molecule is CCCCCCCCCCCCCC(C)(C(=O)O)C(CC(=O)OC)C(=O)O. The molecule has 0 spiro atoms. The molecule has 27 heavy (non-hydrogen) atoms. The predicted molar refractivity (Wildman–Crippen MR) is 105 cm³/mol. The van der Waals surface area contributed by atoms with Crippen LogP contribution >= 0.6 is 0 Å². The van der Waals surface area contributed by atoms with Gasteiger partial charge in [-0.15, -0.1) is 0 Å². The van der Waals surface area contributed by atoms with Crippen LogP contribution in [0.1, 0.15) is 97.3 Å². The topological polar surface area (TPSA) is 101 Å². The number of carbonyl (C=O) groups is 3. The molecule has 0 aliphatic rings. The van der Waals surface area contributed by atoms with Crippen LogP contribution < -0.4 is 0 Å². The Morgan fingerprint density at radius 2 is 1.30 bits per heavy atom. The van der Waals surface area contributed by atoms with Crippen molar-refractivity contribution in [1.82, 2.24) is 0 Å². The van der Waals surface area contributed by atoms with Crippen molar-refractivity contribution < 1.29 is 29.3 Å². The van der Waals surface area contributed by atoms with Crippen molar-refractivity contribution in [2.75, 3.05) is 7.11 Å². The Morgan fingerprint density at radius 3 is 1.67 bits per heavy atom. The van der Waals surface area contributed by atoms with E-state index in [-0.39, 0.29) is 6.42 Å². The number of aliphatic carboxylic acids is 2. The molecule has 158 valence electrons. The van der Waals surface area contributed by atoms with Gasteiger partial charge >= 0.3 is 17.9 Å². The van der Waals surface area contributed by atoms with Crippen molar-refractivity contribution in [3.63, 3.8) is 0 Å². The maximum absolute atomic E-state index is 11.7. The van der Waals surface area contributed by atoms with Crippen LogP contribution in [0.4, 0.5) is 0 Å². The second kappa shape index (κ2) is 14.5. The average Bonchev–Trinajstić information content (AvgIpc) is 2.63. The lowest BCUT2D eigenvalue weighted by molar-refractivity contribution is -0.165. The van der Waals surface area contributed by atoms with Crippen molar-refractivity contribution in [2.45, 2.75) is 97.3 Å². The summed E-state index contributed by atoms with van der Waals surface area (Å²) in [5, 5.41) is 19.0. The van der Waals surface area contributed by atoms with Gasteiger partial charge in [0.2, 0.25) is 0 Å². The fraction of sp³-hybridized carbons (Fsp3) is 0.857. The Labute approximate surface area is 163 Å². The molecule has 0 aliphatic heterocycles. The van der Waals surface area contributed by atoms with Crippen molar-refractivity contribution in [1.29, 1.82) is 0 Å². The molecule has 0 radical (unpaired) electrons. The quantitative estimate of drug-likeness (QED) is 0.268. The van der Waals surface area contributed by atoms with Gasteiger partial charge in [0.25, 0.3) is 0 Å². The van der Waals surface area contributed by atoms with Crippen LogP contribution in [0.15, 0.2) is 0 Å². The summed E-state index contributed by atoms with van der Waals surface area (Å²) in [7, 11) is 1.17. The average molecular weight is 387 g/mol. The Balaban J connectivity index is 4.25. The zero-order valence-electron chi connectivity index (χ0n) is 17.3. The lowest BCUT2D eigenvalue weighted by atomic mass is 9.71. The van der Waals surface area contributed by atoms with Gasteiger partial charge in [0.15, 0.2) is 0 Å². The Bertz CT molecular complexity index is 448. The number of hydrogen-bond acceptors (Lipinski definition) is 4. The van der Waals surface area contributed by atoms with E-state index in [9.17, 15) is 24.6 Å². The van der Waals surface area contributed by atoms with Crippen LogP contribution in [0.25, 0.3) is 0 Å². The molecule has 6 nitrogen and oxygen atoms in total. The fourth-order valence-electron chi connectivity index (χ4n) is 3.42. The third kappa shape index (κ3) is 10.4. The third-order valence-corrected chi connectivity index (χ3v) is 5.45. The summed E-state index contributed by atoms with van der Waals surface area (Å²) in [5.74, 6) is -4.43. The molecule has 6 heteroatoms. The summed E-state index contributed by atoms with van der Waals surface area (Å²) in [6.07, 6.45) is 12.4. The maximum atomic E-state index is 11.7. The number of carboxylic acids is 2. The zero-order chi connectivity index (χ0) is 20.7. The molecule has 0 saturated carbocycles. The number of carboxylic acid groups (broad SMARTS) is 2. The van der Waals surface area contributed by atoms with Gasteiger partial charge in [0.1, 0.15) is 0 Å². The van der Waals surface area contributed by atoms with Gasteiger partial charge in [-0.2, -0.15) is 0 Å². The molecule has 2 atom stereocenters. The smallest absolute Gasteiger partial charge is 0.310 e. The largest absolute Gasteiger partial charge is 0.481 e. The first-order valence-corrected chi connectivity index (χ1v) is 10.3. The number of methoxy groups -OCH3 is 1. The lowest BCUT2D eigenvalue weighted by Crippen LogP contribution is -2.41. The second-order valence-corrected chi connectivity index (χ2v) is 7.68. The van der Waals surface area contributed by atoms with Crippen LogP contribution in [-0.2, 0) is 19.1 Å². The Hall–Kier alpha value is -1.59. The molecule has 0 aromatic rings. The van der Waals surface area contributed by atoms with E-state index in [2.05, 4.69) is 11.7 Å². The zero-order valence-corrected chi connectivity index (χ0v) is 17.3. The summed E-state index contributed by atoms with van der Waals surface area (Å²) in [4.78, 5) is 34.7. The van der Waals surface area contributed by atoms with E-state index in [1.807, 2.05) is 0 Å². The van der Waals surface area contributed by atoms with E-state index in [0.717, 1.165) is 19.3 Å². The molecular weight excluding hydrogens is 348 g/mol. The molecule has 0 fully saturated rings. The van der Waals surface area contributed by atoms with Gasteiger partial charge in [0, 0.05) is 0 Å². The van der Waals surface area contributed by atoms with Crippen LogP contribution in [0.2, 0.25) is 0 Å². The van der Waals surface area contributed by atoms with E-state index in [0.29, 0.717) is 6.42 Å². The van der Waals surface area contributed by atoms with E-state index >= 15 is 0 Å². The number of esters is 1. The van der Waals surface area contributed by atoms with Crippen molar-refractivity contribution >= 4 is 17.9 Å². The van der Waals surface area contributed by atoms with Gasteiger partial charge in [-0.25, -0.2) is 0 Å². The molecule has 2 N–H and O–H groups in total. The second-order valence-electron chi connectivity index (χ2n) is 7.68. The van der Waals surface area contributed by atoms with Gasteiger partial charge in [-0.3, -0.25) is 14.4 Å². The molecule has 0 saturated heterocycles. The molecule has 0 bridgehead atoms. The van der Waals surface area contributed by atoms with E-state index < -0.39 is 35.7 Å². The molecule has 0 amide bonds. The molecular formula is C21H38O6. The molecule has 0 rings (SSSR count). The molecule has 0 aromatic carbocycles. The normalized spacial score (nSPS) is 14.3. The standard InChI is InChI=1S/C21H38O6/c1-4-5-6-7-8-9-10-11-12-13-14-15-21(2,20(25)26)17(19(23)24)16-18(22)27-3/h17H,4-16H2,1-3H3,(H,23,24)(H,25,26). The van der Waals surface area contributed by atoms with Gasteiger partial charge < -0.3 is 14.9 Å². The summed E-state index contributed by atoms with van der Waals surface area (Å²) >= 11 is 0. The molecule has 2 unspecified atom stereocenters. The summed E-state index contributed by atoms with van der Waals surface area (Å²) in [6, 6.07) is 0. The van der Waals surface area contributed by atoms with Gasteiger partial charge in [-0.1, -0.05) is 77.6 Å². The van der Waals surface area contributed by atoms with Gasteiger partial charge in [-0.05, 0) is 13.3 Å². The minimum atomic E-state index is -1.47. The van der Waals surface area contributed by atoms with Crippen molar-refractivity contribution in [3.05, 3.63) is 0 Å². The lowest BCUT2D eigenvalue weighted by Gasteiger charge is -2.30. The number of unbranched alkanes of at least 4 members (excludes halogenated alkanes) is 10. The number of ether oxygens (including phenoxy) is 1. The van der Waals surface area contributed by atoms with Crippen LogP contribution in [0, 0.1) is 11.3 Å². The summed E-state index contributed by atoms with van der Waals surface area (Å²) in [5.41, 5.74) is -1.47. The first-order chi connectivity index (χ1) is 12.8. The maximum Gasteiger partial charge on any atom is 0.310 e. The predicted octanol–water partition coefficient (Wildman–Crippen LogP) is 5.04. The minimum Gasteiger partial charge on any atom is -0.481 e. The Morgan fingerprint density at radius 1 is 0.852 bits per heavy atom. The molecule has 0 heterocycles. The van der Waals surface area contributed by atoms with E-state index in [1.165, 1.54) is 59.0 Å². The monoisotopic (exact) mass is 386 g/mol. The van der Waals surface area contributed by atoms with E-state index in [4.69, 9.17) is 0 Å². The van der Waals surface area contributed by atoms with Gasteiger partial charge in [0.05, 0.1) is 24.9 Å². The highest BCUT2D eigenvalue weighted by Crippen LogP contribution is 2.36. The first-order valence-electron chi connectivity index (χ1n) is 10.3. The third-order valence-electron chi connectivity index (χ3n) is 5.45. The van der Waals surface area contributed by atoms with Crippen LogP contribution in [-0.4, -0.2) is 35.2 Å². The summed E-state index contributed by atoms with van der Waals surface area (Å²) in [6.45, 7) is 3.64. The minimum absolute atomic E-state index is 0.243. The molecule has 0 aliphatic carbocycles. The number of hydrogen-bond donors (Lipinski definition) is 2. The van der Waals surface area contributed by atoms with E-state index in [1.54, 1.807) is 0 Å². The number of rotatable bonds is 17. The van der Waals surface area contributed by atoms with Crippen LogP contribution in [0.3, 0.4) is 0 Å². The molecule has 0 aromatic heterocycles. The van der Waals surface area contributed by atoms with Crippen molar-refractivity contribution in [2.24, 2.45) is 11.3 Å².